The Morgan fingerprint density at radius 1 is 1.12 bits per heavy atom. The summed E-state index contributed by atoms with van der Waals surface area (Å²) in [6.07, 6.45) is 4.68. The topological polar surface area (TPSA) is 74.0 Å². The molecule has 3 aromatic rings. The Kier molecular flexibility index (Phi) is 5.60. The van der Waals surface area contributed by atoms with Crippen molar-refractivity contribution in [3.05, 3.63) is 58.4 Å². The van der Waals surface area contributed by atoms with Gasteiger partial charge in [0.25, 0.3) is 5.91 Å². The van der Waals surface area contributed by atoms with Gasteiger partial charge in [0.1, 0.15) is 5.82 Å². The van der Waals surface area contributed by atoms with Crippen LogP contribution in [0, 0.1) is 26.7 Å². The second-order valence-corrected chi connectivity index (χ2v) is 9.83. The highest BCUT2D eigenvalue weighted by atomic mass is 16.3. The number of aryl methyl sites for hydroxylation is 2. The first-order valence-corrected chi connectivity index (χ1v) is 12.0. The summed E-state index contributed by atoms with van der Waals surface area (Å²) < 4.78 is 1.83. The summed E-state index contributed by atoms with van der Waals surface area (Å²) in [5.74, 6) is 1.22. The van der Waals surface area contributed by atoms with Crippen LogP contribution in [0.3, 0.4) is 0 Å². The molecule has 2 aliphatic rings. The summed E-state index contributed by atoms with van der Waals surface area (Å²) in [6.45, 7) is 10.3. The van der Waals surface area contributed by atoms with Gasteiger partial charge in [-0.05, 0) is 57.2 Å². The first-order valence-electron chi connectivity index (χ1n) is 12.0. The van der Waals surface area contributed by atoms with Gasteiger partial charge in [0.05, 0.1) is 17.8 Å². The molecule has 1 amide bonds. The Bertz CT molecular complexity index is 1190. The monoisotopic (exact) mass is 447 g/mol. The van der Waals surface area contributed by atoms with Gasteiger partial charge in [-0.3, -0.25) is 4.79 Å². The van der Waals surface area contributed by atoms with Crippen molar-refractivity contribution in [2.24, 2.45) is 5.92 Å². The van der Waals surface area contributed by atoms with Crippen LogP contribution in [0.25, 0.3) is 5.65 Å². The van der Waals surface area contributed by atoms with Gasteiger partial charge in [0.2, 0.25) is 0 Å². The van der Waals surface area contributed by atoms with E-state index in [0.29, 0.717) is 6.54 Å². The van der Waals surface area contributed by atoms with Crippen LogP contribution in [0.1, 0.15) is 65.0 Å². The standard InChI is InChI=1S/C26H33N5O2/c1-16-8-7-9-20(19(16)4)26(33)30-11-6-5-10-22(30)21-12-24-27-25(18(3)14-31(24)28-21)29-13-17(2)23(32)15-29/h7-9,12,14,17,22-23,32H,5-6,10-11,13,15H2,1-4H3/t17-,22+,23+/m1/s1. The minimum absolute atomic E-state index is 0.0507. The Labute approximate surface area is 195 Å². The van der Waals surface area contributed by atoms with Crippen molar-refractivity contribution in [3.8, 4) is 0 Å². The third-order valence-corrected chi connectivity index (χ3v) is 7.44. The zero-order valence-electron chi connectivity index (χ0n) is 20.0. The summed E-state index contributed by atoms with van der Waals surface area (Å²) in [6, 6.07) is 7.92. The summed E-state index contributed by atoms with van der Waals surface area (Å²) in [7, 11) is 0. The van der Waals surface area contributed by atoms with E-state index in [4.69, 9.17) is 10.1 Å². The van der Waals surface area contributed by atoms with Crippen molar-refractivity contribution in [3.63, 3.8) is 0 Å². The number of likely N-dealkylation sites (tertiary alicyclic amines) is 1. The lowest BCUT2D eigenvalue weighted by molar-refractivity contribution is 0.0605. The summed E-state index contributed by atoms with van der Waals surface area (Å²) in [5.41, 5.74) is 5.67. The highest BCUT2D eigenvalue weighted by Crippen LogP contribution is 2.33. The van der Waals surface area contributed by atoms with Gasteiger partial charge in [-0.2, -0.15) is 5.10 Å². The molecule has 0 bridgehead atoms. The molecule has 5 rings (SSSR count). The van der Waals surface area contributed by atoms with Crippen LogP contribution >= 0.6 is 0 Å². The maximum absolute atomic E-state index is 13.6. The molecule has 174 valence electrons. The Morgan fingerprint density at radius 3 is 2.70 bits per heavy atom. The number of anilines is 1. The lowest BCUT2D eigenvalue weighted by atomic mass is 9.96. The molecule has 7 heteroatoms. The minimum Gasteiger partial charge on any atom is -0.391 e. The molecule has 2 aromatic heterocycles. The van der Waals surface area contributed by atoms with Gasteiger partial charge >= 0.3 is 0 Å². The van der Waals surface area contributed by atoms with Gasteiger partial charge in [-0.1, -0.05) is 19.1 Å². The van der Waals surface area contributed by atoms with E-state index in [9.17, 15) is 9.90 Å². The van der Waals surface area contributed by atoms with Crippen molar-refractivity contribution in [2.45, 2.75) is 59.1 Å². The maximum atomic E-state index is 13.6. The third-order valence-electron chi connectivity index (χ3n) is 7.44. The summed E-state index contributed by atoms with van der Waals surface area (Å²) in [5, 5.41) is 15.0. The zero-order valence-corrected chi connectivity index (χ0v) is 20.0. The molecule has 1 N–H and O–H groups in total. The molecule has 2 saturated heterocycles. The number of hydrogen-bond donors (Lipinski definition) is 1. The van der Waals surface area contributed by atoms with E-state index in [1.54, 1.807) is 0 Å². The van der Waals surface area contributed by atoms with Crippen LogP contribution in [-0.4, -0.2) is 56.2 Å². The predicted octanol–water partition coefficient (Wildman–Crippen LogP) is 3.84. The average molecular weight is 448 g/mol. The van der Waals surface area contributed by atoms with Crippen LogP contribution in [-0.2, 0) is 0 Å². The first kappa shape index (κ1) is 21.9. The number of β-amino-alcohol motifs (C(OH)–C–C–N with tert-alkyl or cyclic N) is 1. The zero-order chi connectivity index (χ0) is 23.3. The molecule has 2 fully saturated rings. The fourth-order valence-corrected chi connectivity index (χ4v) is 5.24. The lowest BCUT2D eigenvalue weighted by Gasteiger charge is -2.35. The van der Waals surface area contributed by atoms with Crippen LogP contribution in [0.15, 0.2) is 30.5 Å². The van der Waals surface area contributed by atoms with Crippen LogP contribution in [0.4, 0.5) is 5.82 Å². The number of benzene rings is 1. The SMILES string of the molecule is Cc1cn2nc([C@@H]3CCCCN3C(=O)c3cccc(C)c3C)cc2nc1N1C[C@@H](C)[C@@H](O)C1. The predicted molar refractivity (Wildman–Crippen MR) is 129 cm³/mol. The first-order chi connectivity index (χ1) is 15.8. The highest BCUT2D eigenvalue weighted by molar-refractivity contribution is 5.96. The van der Waals surface area contributed by atoms with E-state index in [1.807, 2.05) is 60.6 Å². The van der Waals surface area contributed by atoms with Crippen LogP contribution in [0.5, 0.6) is 0 Å². The normalized spacial score (nSPS) is 23.5. The number of hydrogen-bond acceptors (Lipinski definition) is 5. The fourth-order valence-electron chi connectivity index (χ4n) is 5.24. The summed E-state index contributed by atoms with van der Waals surface area (Å²) >= 11 is 0. The van der Waals surface area contributed by atoms with E-state index >= 15 is 0 Å². The number of fused-ring (bicyclic) bond motifs is 1. The number of nitrogens with zero attached hydrogens (tertiary/aromatic N) is 5. The number of carbonyl (C=O) groups excluding carboxylic acids is 1. The number of aliphatic hydroxyl groups excluding tert-OH is 1. The number of aliphatic hydroxyl groups is 1. The van der Waals surface area contributed by atoms with Gasteiger partial charge in [-0.15, -0.1) is 0 Å². The molecular weight excluding hydrogens is 414 g/mol. The number of aromatic nitrogens is 3. The number of carbonyl (C=O) groups is 1. The van der Waals surface area contributed by atoms with Crippen LogP contribution in [0.2, 0.25) is 0 Å². The number of rotatable bonds is 3. The van der Waals surface area contributed by atoms with Crippen molar-refractivity contribution < 1.29 is 9.90 Å². The quantitative estimate of drug-likeness (QED) is 0.660. The van der Waals surface area contributed by atoms with E-state index in [0.717, 1.165) is 71.8 Å². The molecule has 33 heavy (non-hydrogen) atoms. The molecule has 0 saturated carbocycles. The molecule has 2 aliphatic heterocycles. The van der Waals surface area contributed by atoms with E-state index in [-0.39, 0.29) is 24.0 Å². The highest BCUT2D eigenvalue weighted by Gasteiger charge is 2.32. The minimum atomic E-state index is -0.324. The molecule has 0 spiro atoms. The van der Waals surface area contributed by atoms with Crippen molar-refractivity contribution >= 4 is 17.4 Å². The number of amides is 1. The molecule has 0 aliphatic carbocycles. The molecular formula is C26H33N5O2. The Balaban J connectivity index is 1.48. The molecule has 4 heterocycles. The van der Waals surface area contributed by atoms with E-state index < -0.39 is 0 Å². The fraction of sp³-hybridized carbons (Fsp3) is 0.500. The smallest absolute Gasteiger partial charge is 0.254 e. The molecule has 1 aromatic carbocycles. The second-order valence-electron chi connectivity index (χ2n) is 9.83. The Hall–Kier alpha value is -2.93. The molecule has 3 atom stereocenters. The van der Waals surface area contributed by atoms with E-state index in [1.165, 1.54) is 0 Å². The van der Waals surface area contributed by atoms with Gasteiger partial charge in [-0.25, -0.2) is 9.50 Å². The van der Waals surface area contributed by atoms with Crippen molar-refractivity contribution in [1.82, 2.24) is 19.5 Å². The average Bonchev–Trinajstić information content (AvgIpc) is 3.36. The van der Waals surface area contributed by atoms with Crippen molar-refractivity contribution in [1.29, 1.82) is 0 Å². The van der Waals surface area contributed by atoms with Gasteiger partial charge < -0.3 is 14.9 Å². The van der Waals surface area contributed by atoms with Crippen LogP contribution < -0.4 is 4.90 Å². The summed E-state index contributed by atoms with van der Waals surface area (Å²) in [4.78, 5) is 22.6. The second kappa shape index (κ2) is 8.45. The van der Waals surface area contributed by atoms with Crippen molar-refractivity contribution in [2.75, 3.05) is 24.5 Å². The molecule has 7 nitrogen and oxygen atoms in total. The van der Waals surface area contributed by atoms with Gasteiger partial charge in [0, 0.05) is 48.9 Å². The molecule has 0 radical (unpaired) electrons. The maximum Gasteiger partial charge on any atom is 0.254 e. The Morgan fingerprint density at radius 2 is 1.94 bits per heavy atom. The van der Waals surface area contributed by atoms with Gasteiger partial charge in [0.15, 0.2) is 5.65 Å². The lowest BCUT2D eigenvalue weighted by Crippen LogP contribution is -2.39. The number of piperidine rings is 1. The van der Waals surface area contributed by atoms with E-state index in [2.05, 4.69) is 11.8 Å². The largest absolute Gasteiger partial charge is 0.391 e. The molecule has 0 unspecified atom stereocenters. The third kappa shape index (κ3) is 3.88.